The van der Waals surface area contributed by atoms with Crippen molar-refractivity contribution in [3.8, 4) is 5.69 Å². The molecule has 0 radical (unpaired) electrons. The Morgan fingerprint density at radius 1 is 1.17 bits per heavy atom. The molecule has 23 heavy (non-hydrogen) atoms. The lowest BCUT2D eigenvalue weighted by Crippen LogP contribution is -2.12. The maximum Gasteiger partial charge on any atom is 0.348 e. The normalized spacial score (nSPS) is 10.3. The van der Waals surface area contributed by atoms with Crippen molar-refractivity contribution in [3.63, 3.8) is 0 Å². The van der Waals surface area contributed by atoms with Gasteiger partial charge < -0.3 is 10.1 Å². The van der Waals surface area contributed by atoms with Gasteiger partial charge in [-0.05, 0) is 24.3 Å². The van der Waals surface area contributed by atoms with E-state index in [2.05, 4.69) is 20.1 Å². The van der Waals surface area contributed by atoms with Gasteiger partial charge in [0.25, 0.3) is 5.91 Å². The molecule has 1 N–H and O–H groups in total. The maximum absolute atomic E-state index is 12.4. The highest BCUT2D eigenvalue weighted by atomic mass is 32.1. The number of ether oxygens (including phenoxy) is 1. The average molecular weight is 328 g/mol. The van der Waals surface area contributed by atoms with E-state index < -0.39 is 5.97 Å². The second kappa shape index (κ2) is 6.41. The topological polar surface area (TPSA) is 86.1 Å². The number of esters is 1. The number of carbonyl (C=O) groups excluding carboxylic acids is 2. The fourth-order valence-corrected chi connectivity index (χ4v) is 2.79. The highest BCUT2D eigenvalue weighted by molar-refractivity contribution is 7.16. The van der Waals surface area contributed by atoms with Crippen molar-refractivity contribution in [1.82, 2.24) is 14.8 Å². The minimum absolute atomic E-state index is 0.308. The van der Waals surface area contributed by atoms with E-state index in [0.717, 1.165) is 11.3 Å². The summed E-state index contributed by atoms with van der Waals surface area (Å²) >= 11 is 1.07. The Hall–Kier alpha value is -3.00. The molecule has 0 aliphatic carbocycles. The number of para-hydroxylation sites is 2. The number of nitrogens with one attached hydrogen (secondary N) is 1. The highest BCUT2D eigenvalue weighted by Crippen LogP contribution is 2.22. The number of anilines is 1. The van der Waals surface area contributed by atoms with Gasteiger partial charge in [-0.2, -0.15) is 5.10 Å². The first kappa shape index (κ1) is 14.9. The van der Waals surface area contributed by atoms with Crippen LogP contribution in [0.2, 0.25) is 0 Å². The smallest absolute Gasteiger partial charge is 0.348 e. The van der Waals surface area contributed by atoms with Crippen molar-refractivity contribution in [2.75, 3.05) is 12.4 Å². The molecule has 1 aromatic carbocycles. The second-order valence-corrected chi connectivity index (χ2v) is 5.55. The number of benzene rings is 1. The zero-order valence-corrected chi connectivity index (χ0v) is 12.9. The van der Waals surface area contributed by atoms with Crippen molar-refractivity contribution in [2.45, 2.75) is 0 Å². The molecule has 0 bridgehead atoms. The van der Waals surface area contributed by atoms with Gasteiger partial charge in [0.05, 0.1) is 23.4 Å². The fraction of sp³-hybridized carbons (Fsp3) is 0.0667. The van der Waals surface area contributed by atoms with Crippen LogP contribution in [0.15, 0.2) is 49.1 Å². The number of thiophene rings is 1. The van der Waals surface area contributed by atoms with E-state index in [0.29, 0.717) is 21.1 Å². The largest absolute Gasteiger partial charge is 0.465 e. The summed E-state index contributed by atoms with van der Waals surface area (Å²) in [6.45, 7) is 0. The Kier molecular flexibility index (Phi) is 4.15. The summed E-state index contributed by atoms with van der Waals surface area (Å²) in [5.41, 5.74) is 1.29. The highest BCUT2D eigenvalue weighted by Gasteiger charge is 2.15. The van der Waals surface area contributed by atoms with Crippen LogP contribution in [0.4, 0.5) is 5.69 Å². The summed E-state index contributed by atoms with van der Waals surface area (Å²) in [6.07, 6.45) is 2.96. The molecule has 0 atom stereocenters. The van der Waals surface area contributed by atoms with Gasteiger partial charge in [0.1, 0.15) is 17.5 Å². The van der Waals surface area contributed by atoms with Crippen LogP contribution in [0, 0.1) is 0 Å². The van der Waals surface area contributed by atoms with E-state index in [9.17, 15) is 9.59 Å². The van der Waals surface area contributed by atoms with E-state index in [1.807, 2.05) is 18.2 Å². The van der Waals surface area contributed by atoms with Crippen molar-refractivity contribution in [3.05, 3.63) is 58.8 Å². The van der Waals surface area contributed by atoms with Gasteiger partial charge >= 0.3 is 5.97 Å². The van der Waals surface area contributed by atoms with Crippen molar-refractivity contribution < 1.29 is 14.3 Å². The van der Waals surface area contributed by atoms with Gasteiger partial charge in [-0.25, -0.2) is 14.5 Å². The third-order valence-corrected chi connectivity index (χ3v) is 4.10. The van der Waals surface area contributed by atoms with Gasteiger partial charge in [0, 0.05) is 0 Å². The SMILES string of the molecule is COC(=O)c1ccc(C(=O)Nc2ccccc2-n2cncn2)s1. The molecule has 116 valence electrons. The Balaban J connectivity index is 1.84. The first-order valence-corrected chi connectivity index (χ1v) is 7.44. The quantitative estimate of drug-likeness (QED) is 0.743. The molecule has 0 fully saturated rings. The van der Waals surface area contributed by atoms with Crippen LogP contribution in [0.3, 0.4) is 0 Å². The molecule has 1 amide bonds. The van der Waals surface area contributed by atoms with E-state index in [-0.39, 0.29) is 5.91 Å². The van der Waals surface area contributed by atoms with E-state index in [1.165, 1.54) is 13.4 Å². The first-order chi connectivity index (χ1) is 11.2. The van der Waals surface area contributed by atoms with E-state index >= 15 is 0 Å². The van der Waals surface area contributed by atoms with Crippen molar-refractivity contribution in [2.24, 2.45) is 0 Å². The lowest BCUT2D eigenvalue weighted by molar-refractivity contribution is 0.0606. The minimum Gasteiger partial charge on any atom is -0.465 e. The molecular weight excluding hydrogens is 316 g/mol. The number of carbonyl (C=O) groups is 2. The summed E-state index contributed by atoms with van der Waals surface area (Å²) in [6, 6.07) is 10.4. The number of hydrogen-bond donors (Lipinski definition) is 1. The summed E-state index contributed by atoms with van der Waals surface area (Å²) in [7, 11) is 1.30. The molecule has 0 aliphatic rings. The minimum atomic E-state index is -0.461. The van der Waals surface area contributed by atoms with Crippen molar-refractivity contribution in [1.29, 1.82) is 0 Å². The molecule has 2 aromatic heterocycles. The summed E-state index contributed by atoms with van der Waals surface area (Å²) in [4.78, 5) is 28.5. The van der Waals surface area contributed by atoms with Gasteiger partial charge in [0.15, 0.2) is 0 Å². The molecule has 8 heteroatoms. The molecular formula is C15H12N4O3S. The average Bonchev–Trinajstić information content (AvgIpc) is 3.26. The van der Waals surface area contributed by atoms with Gasteiger partial charge in [-0.1, -0.05) is 12.1 Å². The lowest BCUT2D eigenvalue weighted by Gasteiger charge is -2.09. The number of aromatic nitrogens is 3. The third-order valence-electron chi connectivity index (χ3n) is 3.03. The number of nitrogens with zero attached hydrogens (tertiary/aromatic N) is 3. The summed E-state index contributed by atoms with van der Waals surface area (Å²) < 4.78 is 6.20. The van der Waals surface area contributed by atoms with E-state index in [1.54, 1.807) is 29.2 Å². The monoisotopic (exact) mass is 328 g/mol. The Bertz CT molecular complexity index is 842. The van der Waals surface area contributed by atoms with E-state index in [4.69, 9.17) is 0 Å². The van der Waals surface area contributed by atoms with Crippen LogP contribution in [-0.4, -0.2) is 33.8 Å². The van der Waals surface area contributed by atoms with Crippen LogP contribution >= 0.6 is 11.3 Å². The molecule has 7 nitrogen and oxygen atoms in total. The summed E-state index contributed by atoms with van der Waals surface area (Å²) in [5, 5.41) is 6.88. The molecule has 3 rings (SSSR count). The Labute approximate surface area is 135 Å². The van der Waals surface area contributed by atoms with Gasteiger partial charge in [-0.3, -0.25) is 4.79 Å². The fourth-order valence-electron chi connectivity index (χ4n) is 1.97. The molecule has 3 aromatic rings. The number of amides is 1. The number of methoxy groups -OCH3 is 1. The van der Waals surface area contributed by atoms with Crippen LogP contribution in [0.25, 0.3) is 5.69 Å². The van der Waals surface area contributed by atoms with Crippen LogP contribution in [0.1, 0.15) is 19.3 Å². The van der Waals surface area contributed by atoms with Crippen LogP contribution in [-0.2, 0) is 4.74 Å². The van der Waals surface area contributed by atoms with Crippen LogP contribution in [0.5, 0.6) is 0 Å². The molecule has 0 spiro atoms. The standard InChI is InChI=1S/C15H12N4O3S/c1-22-15(21)13-7-6-12(23-13)14(20)18-10-4-2-3-5-11(10)19-9-16-8-17-19/h2-9H,1H3,(H,18,20). The number of hydrogen-bond acceptors (Lipinski definition) is 6. The van der Waals surface area contributed by atoms with Crippen LogP contribution < -0.4 is 5.32 Å². The lowest BCUT2D eigenvalue weighted by atomic mass is 10.2. The number of rotatable bonds is 4. The van der Waals surface area contributed by atoms with Crippen molar-refractivity contribution >= 4 is 28.9 Å². The summed E-state index contributed by atoms with van der Waals surface area (Å²) in [5.74, 6) is -0.769. The predicted octanol–water partition coefficient (Wildman–Crippen LogP) is 2.37. The third kappa shape index (κ3) is 3.11. The van der Waals surface area contributed by atoms with Gasteiger partial charge in [-0.15, -0.1) is 11.3 Å². The molecule has 0 unspecified atom stereocenters. The zero-order valence-electron chi connectivity index (χ0n) is 12.1. The Morgan fingerprint density at radius 2 is 1.96 bits per heavy atom. The molecule has 0 saturated carbocycles. The van der Waals surface area contributed by atoms with Gasteiger partial charge in [0.2, 0.25) is 0 Å². The first-order valence-electron chi connectivity index (χ1n) is 6.62. The second-order valence-electron chi connectivity index (χ2n) is 4.47. The Morgan fingerprint density at radius 3 is 2.70 bits per heavy atom. The zero-order chi connectivity index (χ0) is 16.2. The maximum atomic E-state index is 12.4. The molecule has 0 aliphatic heterocycles. The predicted molar refractivity (Wildman–Crippen MR) is 85.0 cm³/mol. The molecule has 2 heterocycles. The molecule has 0 saturated heterocycles.